The second kappa shape index (κ2) is 7.09. The van der Waals surface area contributed by atoms with Crippen LogP contribution in [0, 0.1) is 0 Å². The molecule has 1 fully saturated rings. The number of hydrogen-bond donors (Lipinski definition) is 3. The average Bonchev–Trinajstić information content (AvgIpc) is 3.08. The largest absolute Gasteiger partial charge is 0.506 e. The van der Waals surface area contributed by atoms with Crippen molar-refractivity contribution < 1.29 is 9.90 Å². The van der Waals surface area contributed by atoms with Gasteiger partial charge in [-0.2, -0.15) is 0 Å². The Morgan fingerprint density at radius 1 is 1.19 bits per heavy atom. The third kappa shape index (κ3) is 3.32. The summed E-state index contributed by atoms with van der Waals surface area (Å²) in [7, 11) is 0. The first kappa shape index (κ1) is 17.1. The number of imidazole rings is 1. The second-order valence-corrected chi connectivity index (χ2v) is 7.30. The van der Waals surface area contributed by atoms with Crippen LogP contribution in [0.15, 0.2) is 40.9 Å². The lowest BCUT2D eigenvalue weighted by atomic mass is 10.1. The van der Waals surface area contributed by atoms with E-state index in [4.69, 9.17) is 0 Å². The number of para-hydroxylation sites is 1. The number of nitrogens with zero attached hydrogens (tertiary/aromatic N) is 2. The SMILES string of the molecule is O=C(NN1CCCCC1)c1ccc(-c2nc3c(O)cccc3[nH]2)c(Br)c1. The zero-order valence-electron chi connectivity index (χ0n) is 14.1. The van der Waals surface area contributed by atoms with Crippen molar-refractivity contribution in [2.45, 2.75) is 19.3 Å². The van der Waals surface area contributed by atoms with Gasteiger partial charge in [-0.05, 0) is 43.2 Å². The van der Waals surface area contributed by atoms with E-state index < -0.39 is 0 Å². The summed E-state index contributed by atoms with van der Waals surface area (Å²) < 4.78 is 0.766. The van der Waals surface area contributed by atoms with Crippen molar-refractivity contribution in [1.82, 2.24) is 20.4 Å². The Morgan fingerprint density at radius 3 is 2.73 bits per heavy atom. The number of hydrazine groups is 1. The molecular formula is C19H19BrN4O2. The maximum atomic E-state index is 12.5. The summed E-state index contributed by atoms with van der Waals surface area (Å²) in [6.07, 6.45) is 3.45. The van der Waals surface area contributed by atoms with Gasteiger partial charge in [0, 0.05) is 28.7 Å². The van der Waals surface area contributed by atoms with Gasteiger partial charge in [0.05, 0.1) is 5.52 Å². The van der Waals surface area contributed by atoms with Crippen LogP contribution in [0.5, 0.6) is 5.75 Å². The molecule has 0 radical (unpaired) electrons. The number of hydrogen-bond acceptors (Lipinski definition) is 4. The summed E-state index contributed by atoms with van der Waals surface area (Å²) in [6, 6.07) is 10.7. The fourth-order valence-electron chi connectivity index (χ4n) is 3.21. The minimum absolute atomic E-state index is 0.110. The first-order valence-corrected chi connectivity index (χ1v) is 9.45. The molecule has 1 aromatic heterocycles. The zero-order valence-corrected chi connectivity index (χ0v) is 15.7. The number of halogens is 1. The van der Waals surface area contributed by atoms with Gasteiger partial charge in [-0.1, -0.05) is 28.4 Å². The van der Waals surface area contributed by atoms with E-state index in [0.29, 0.717) is 16.9 Å². The van der Waals surface area contributed by atoms with E-state index >= 15 is 0 Å². The molecule has 3 aromatic rings. The van der Waals surface area contributed by atoms with E-state index in [2.05, 4.69) is 31.3 Å². The van der Waals surface area contributed by atoms with E-state index in [0.717, 1.165) is 41.5 Å². The van der Waals surface area contributed by atoms with Crippen molar-refractivity contribution in [2.24, 2.45) is 0 Å². The van der Waals surface area contributed by atoms with Crippen molar-refractivity contribution in [2.75, 3.05) is 13.1 Å². The first-order chi connectivity index (χ1) is 12.6. The molecule has 4 rings (SSSR count). The highest BCUT2D eigenvalue weighted by Gasteiger charge is 2.16. The highest BCUT2D eigenvalue weighted by molar-refractivity contribution is 9.10. The molecule has 26 heavy (non-hydrogen) atoms. The van der Waals surface area contributed by atoms with E-state index in [1.807, 2.05) is 17.1 Å². The predicted octanol–water partition coefficient (Wildman–Crippen LogP) is 3.83. The maximum absolute atomic E-state index is 12.5. The molecule has 0 aliphatic carbocycles. The highest BCUT2D eigenvalue weighted by Crippen LogP contribution is 2.31. The lowest BCUT2D eigenvalue weighted by Crippen LogP contribution is -2.45. The topological polar surface area (TPSA) is 81.2 Å². The van der Waals surface area contributed by atoms with Crippen molar-refractivity contribution in [1.29, 1.82) is 0 Å². The van der Waals surface area contributed by atoms with Crippen LogP contribution in [0.25, 0.3) is 22.4 Å². The molecule has 134 valence electrons. The predicted molar refractivity (Wildman–Crippen MR) is 104 cm³/mol. The van der Waals surface area contributed by atoms with Gasteiger partial charge >= 0.3 is 0 Å². The maximum Gasteiger partial charge on any atom is 0.265 e. The number of rotatable bonds is 3. The number of benzene rings is 2. The number of aromatic amines is 1. The smallest absolute Gasteiger partial charge is 0.265 e. The van der Waals surface area contributed by atoms with Gasteiger partial charge in [0.1, 0.15) is 17.1 Å². The molecule has 6 nitrogen and oxygen atoms in total. The highest BCUT2D eigenvalue weighted by atomic mass is 79.9. The molecule has 1 amide bonds. The van der Waals surface area contributed by atoms with Crippen molar-refractivity contribution in [3.8, 4) is 17.1 Å². The zero-order chi connectivity index (χ0) is 18.1. The molecule has 2 heterocycles. The summed E-state index contributed by atoms with van der Waals surface area (Å²) >= 11 is 3.54. The van der Waals surface area contributed by atoms with Gasteiger partial charge in [0.25, 0.3) is 5.91 Å². The van der Waals surface area contributed by atoms with Crippen molar-refractivity contribution in [3.63, 3.8) is 0 Å². The van der Waals surface area contributed by atoms with Crippen LogP contribution in [0.4, 0.5) is 0 Å². The molecular weight excluding hydrogens is 396 g/mol. The minimum atomic E-state index is -0.110. The normalized spacial score (nSPS) is 15.3. The van der Waals surface area contributed by atoms with Crippen LogP contribution in [-0.2, 0) is 0 Å². The van der Waals surface area contributed by atoms with Crippen LogP contribution in [0.1, 0.15) is 29.6 Å². The molecule has 1 aliphatic heterocycles. The van der Waals surface area contributed by atoms with Crippen LogP contribution >= 0.6 is 15.9 Å². The molecule has 0 atom stereocenters. The number of carbonyl (C=O) groups excluding carboxylic acids is 1. The fraction of sp³-hybridized carbons (Fsp3) is 0.263. The number of aromatic hydroxyl groups is 1. The van der Waals surface area contributed by atoms with Gasteiger partial charge < -0.3 is 10.1 Å². The number of fused-ring (bicyclic) bond motifs is 1. The molecule has 1 aliphatic rings. The van der Waals surface area contributed by atoms with Crippen LogP contribution in [0.2, 0.25) is 0 Å². The van der Waals surface area contributed by atoms with Gasteiger partial charge in [-0.3, -0.25) is 10.2 Å². The minimum Gasteiger partial charge on any atom is -0.506 e. The van der Waals surface area contributed by atoms with E-state index in [9.17, 15) is 9.90 Å². The number of nitrogens with one attached hydrogen (secondary N) is 2. The van der Waals surface area contributed by atoms with Gasteiger partial charge in [0.2, 0.25) is 0 Å². The number of phenols is 1. The number of carbonyl (C=O) groups is 1. The number of amides is 1. The summed E-state index contributed by atoms with van der Waals surface area (Å²) in [6.45, 7) is 1.79. The van der Waals surface area contributed by atoms with E-state index in [-0.39, 0.29) is 11.7 Å². The number of H-pyrrole nitrogens is 1. The molecule has 0 bridgehead atoms. The number of aromatic nitrogens is 2. The Kier molecular flexibility index (Phi) is 4.65. The quantitative estimate of drug-likeness (QED) is 0.608. The molecule has 1 saturated heterocycles. The Balaban J connectivity index is 1.58. The van der Waals surface area contributed by atoms with Gasteiger partial charge in [-0.15, -0.1) is 0 Å². The standard InChI is InChI=1S/C19H19BrN4O2/c20-14-11-12(19(26)23-24-9-2-1-3-10-24)7-8-13(14)18-21-15-5-4-6-16(25)17(15)22-18/h4-8,11,25H,1-3,9-10H2,(H,21,22)(H,23,26). The molecule has 2 aromatic carbocycles. The lowest BCUT2D eigenvalue weighted by Gasteiger charge is -2.26. The second-order valence-electron chi connectivity index (χ2n) is 6.44. The Labute approximate surface area is 159 Å². The fourth-order valence-corrected chi connectivity index (χ4v) is 3.77. The molecule has 0 saturated carbocycles. The monoisotopic (exact) mass is 414 g/mol. The summed E-state index contributed by atoms with van der Waals surface area (Å²) in [5, 5.41) is 11.9. The summed E-state index contributed by atoms with van der Waals surface area (Å²) in [4.78, 5) is 20.1. The van der Waals surface area contributed by atoms with E-state index in [1.165, 1.54) is 6.42 Å². The first-order valence-electron chi connectivity index (χ1n) is 8.65. The molecule has 0 spiro atoms. The Bertz CT molecular complexity index is 963. The lowest BCUT2D eigenvalue weighted by molar-refractivity contribution is 0.0750. The molecule has 3 N–H and O–H groups in total. The Morgan fingerprint density at radius 2 is 2.00 bits per heavy atom. The summed E-state index contributed by atoms with van der Waals surface area (Å²) in [5.41, 5.74) is 5.68. The third-order valence-electron chi connectivity index (χ3n) is 4.59. The van der Waals surface area contributed by atoms with E-state index in [1.54, 1.807) is 24.3 Å². The van der Waals surface area contributed by atoms with Gasteiger partial charge in [0.15, 0.2) is 0 Å². The van der Waals surface area contributed by atoms with Crippen LogP contribution in [0.3, 0.4) is 0 Å². The van der Waals surface area contributed by atoms with Gasteiger partial charge in [-0.25, -0.2) is 9.99 Å². The summed E-state index contributed by atoms with van der Waals surface area (Å²) in [5.74, 6) is 0.663. The molecule has 7 heteroatoms. The van der Waals surface area contributed by atoms with Crippen LogP contribution in [-0.4, -0.2) is 39.1 Å². The third-order valence-corrected chi connectivity index (χ3v) is 5.25. The number of piperidine rings is 1. The van der Waals surface area contributed by atoms with Crippen molar-refractivity contribution >= 4 is 32.9 Å². The number of phenolic OH excluding ortho intramolecular Hbond substituents is 1. The average molecular weight is 415 g/mol. The Hall–Kier alpha value is -2.38. The van der Waals surface area contributed by atoms with Crippen molar-refractivity contribution in [3.05, 3.63) is 46.4 Å². The molecule has 0 unspecified atom stereocenters. The van der Waals surface area contributed by atoms with Crippen LogP contribution < -0.4 is 5.43 Å².